The zero-order valence-corrected chi connectivity index (χ0v) is 14.4. The second-order valence-corrected chi connectivity index (χ2v) is 6.24. The van der Waals surface area contributed by atoms with E-state index < -0.39 is 0 Å². The minimum absolute atomic E-state index is 0.0389. The number of rotatable bonds is 5. The highest BCUT2D eigenvalue weighted by Gasteiger charge is 2.27. The second kappa shape index (κ2) is 7.89. The van der Waals surface area contributed by atoms with Crippen LogP contribution in [0.15, 0.2) is 34.8 Å². The van der Waals surface area contributed by atoms with Crippen LogP contribution >= 0.6 is 0 Å². The molecule has 0 bridgehead atoms. The van der Waals surface area contributed by atoms with Crippen LogP contribution in [0.1, 0.15) is 43.9 Å². The Morgan fingerprint density at radius 3 is 3.16 bits per heavy atom. The Kier molecular flexibility index (Phi) is 5.39. The first-order valence-electron chi connectivity index (χ1n) is 8.76. The van der Waals surface area contributed by atoms with E-state index in [2.05, 4.69) is 13.0 Å². The van der Waals surface area contributed by atoms with Gasteiger partial charge in [0, 0.05) is 11.9 Å². The lowest BCUT2D eigenvalue weighted by Gasteiger charge is -2.21. The van der Waals surface area contributed by atoms with Gasteiger partial charge in [0.25, 0.3) is 0 Å². The number of nitriles is 1. The number of benzene rings is 1. The molecule has 5 heteroatoms. The van der Waals surface area contributed by atoms with E-state index in [1.165, 1.54) is 0 Å². The van der Waals surface area contributed by atoms with Gasteiger partial charge in [0.05, 0.1) is 24.3 Å². The monoisotopic (exact) mass is 338 g/mol. The van der Waals surface area contributed by atoms with E-state index in [9.17, 15) is 4.79 Å². The maximum Gasteiger partial charge on any atom is 0.410 e. The highest BCUT2D eigenvalue weighted by Crippen LogP contribution is 2.24. The molecule has 1 atom stereocenters. The Bertz CT molecular complexity index is 816. The van der Waals surface area contributed by atoms with Crippen LogP contribution in [-0.2, 0) is 4.74 Å². The summed E-state index contributed by atoms with van der Waals surface area (Å²) in [5.41, 5.74) is 1.36. The fourth-order valence-corrected chi connectivity index (χ4v) is 3.03. The van der Waals surface area contributed by atoms with Crippen molar-refractivity contribution in [2.75, 3.05) is 13.2 Å². The van der Waals surface area contributed by atoms with E-state index in [4.69, 9.17) is 14.4 Å². The minimum atomic E-state index is -0.233. The number of carbonyl (C=O) groups is 1. The number of unbranched alkanes of at least 4 members (excludes halogenated alkanes) is 1. The number of hydrogen-bond donors (Lipinski definition) is 0. The predicted octanol–water partition coefficient (Wildman–Crippen LogP) is 4.72. The summed E-state index contributed by atoms with van der Waals surface area (Å²) in [6, 6.07) is 9.43. The SMILES string of the molecule is CCCCOC(=O)N1CCC[C@H]1C=Cc1cc2cc(C#N)ccc2o1. The van der Waals surface area contributed by atoms with Gasteiger partial charge in [-0.3, -0.25) is 0 Å². The van der Waals surface area contributed by atoms with E-state index in [1.807, 2.05) is 24.3 Å². The Morgan fingerprint density at radius 1 is 1.48 bits per heavy atom. The molecule has 5 nitrogen and oxygen atoms in total. The summed E-state index contributed by atoms with van der Waals surface area (Å²) in [6.07, 6.45) is 7.47. The van der Waals surface area contributed by atoms with Crippen LogP contribution in [0.4, 0.5) is 4.79 Å². The normalized spacial score (nSPS) is 17.3. The van der Waals surface area contributed by atoms with Crippen LogP contribution in [0.3, 0.4) is 0 Å². The summed E-state index contributed by atoms with van der Waals surface area (Å²) < 4.78 is 11.1. The molecule has 2 aromatic rings. The molecule has 1 aromatic carbocycles. The van der Waals surface area contributed by atoms with Crippen LogP contribution in [-0.4, -0.2) is 30.2 Å². The molecule has 0 N–H and O–H groups in total. The molecule has 0 aliphatic carbocycles. The Labute approximate surface area is 147 Å². The van der Waals surface area contributed by atoms with E-state index in [0.717, 1.165) is 49.0 Å². The predicted molar refractivity (Wildman–Crippen MR) is 95.9 cm³/mol. The first-order chi connectivity index (χ1) is 12.2. The number of fused-ring (bicyclic) bond motifs is 1. The molecule has 1 saturated heterocycles. The van der Waals surface area contributed by atoms with Gasteiger partial charge in [0.15, 0.2) is 0 Å². The van der Waals surface area contributed by atoms with Crippen molar-refractivity contribution >= 4 is 23.1 Å². The quantitative estimate of drug-likeness (QED) is 0.740. The second-order valence-electron chi connectivity index (χ2n) is 6.24. The van der Waals surface area contributed by atoms with E-state index in [1.54, 1.807) is 17.0 Å². The molecule has 0 radical (unpaired) electrons. The number of furan rings is 1. The van der Waals surface area contributed by atoms with Crippen LogP contribution in [0.25, 0.3) is 17.0 Å². The van der Waals surface area contributed by atoms with Gasteiger partial charge in [-0.1, -0.05) is 19.4 Å². The molecule has 1 aliphatic rings. The van der Waals surface area contributed by atoms with Gasteiger partial charge < -0.3 is 14.1 Å². The summed E-state index contributed by atoms with van der Waals surface area (Å²) in [7, 11) is 0. The van der Waals surface area contributed by atoms with Crippen molar-refractivity contribution in [3.05, 3.63) is 41.7 Å². The number of carbonyl (C=O) groups excluding carboxylic acids is 1. The molecule has 0 unspecified atom stereocenters. The van der Waals surface area contributed by atoms with Crippen molar-refractivity contribution in [1.82, 2.24) is 4.90 Å². The summed E-state index contributed by atoms with van der Waals surface area (Å²) in [5.74, 6) is 0.719. The molecule has 130 valence electrons. The van der Waals surface area contributed by atoms with Gasteiger partial charge in [-0.25, -0.2) is 4.79 Å². The maximum absolute atomic E-state index is 12.2. The van der Waals surface area contributed by atoms with Gasteiger partial charge in [-0.15, -0.1) is 0 Å². The summed E-state index contributed by atoms with van der Waals surface area (Å²) in [4.78, 5) is 13.9. The summed E-state index contributed by atoms with van der Waals surface area (Å²) >= 11 is 0. The zero-order valence-electron chi connectivity index (χ0n) is 14.4. The van der Waals surface area contributed by atoms with Crippen molar-refractivity contribution in [3.63, 3.8) is 0 Å². The van der Waals surface area contributed by atoms with Crippen molar-refractivity contribution in [2.24, 2.45) is 0 Å². The van der Waals surface area contributed by atoms with Crippen LogP contribution in [0.2, 0.25) is 0 Å². The first-order valence-corrected chi connectivity index (χ1v) is 8.76. The molecule has 25 heavy (non-hydrogen) atoms. The van der Waals surface area contributed by atoms with Crippen LogP contribution in [0.5, 0.6) is 0 Å². The molecule has 0 saturated carbocycles. The largest absolute Gasteiger partial charge is 0.457 e. The number of amides is 1. The molecule has 2 heterocycles. The third-order valence-electron chi connectivity index (χ3n) is 4.40. The van der Waals surface area contributed by atoms with Gasteiger partial charge in [0.1, 0.15) is 11.3 Å². The molecule has 3 rings (SSSR count). The van der Waals surface area contributed by atoms with Crippen LogP contribution < -0.4 is 0 Å². The molecule has 1 aromatic heterocycles. The van der Waals surface area contributed by atoms with Gasteiger partial charge >= 0.3 is 6.09 Å². The molecule has 0 spiro atoms. The lowest BCUT2D eigenvalue weighted by atomic mass is 10.1. The summed E-state index contributed by atoms with van der Waals surface area (Å²) in [6.45, 7) is 3.28. The Hall–Kier alpha value is -2.74. The molecular formula is C20H22N2O3. The highest BCUT2D eigenvalue weighted by atomic mass is 16.6. The average molecular weight is 338 g/mol. The number of ether oxygens (including phenoxy) is 1. The van der Waals surface area contributed by atoms with E-state index in [-0.39, 0.29) is 12.1 Å². The smallest absolute Gasteiger partial charge is 0.410 e. The van der Waals surface area contributed by atoms with Crippen molar-refractivity contribution in [3.8, 4) is 6.07 Å². The third kappa shape index (κ3) is 4.03. The highest BCUT2D eigenvalue weighted by molar-refractivity contribution is 5.81. The van der Waals surface area contributed by atoms with E-state index >= 15 is 0 Å². The fraction of sp³-hybridized carbons (Fsp3) is 0.400. The zero-order chi connectivity index (χ0) is 17.6. The number of hydrogen-bond acceptors (Lipinski definition) is 4. The minimum Gasteiger partial charge on any atom is -0.457 e. The third-order valence-corrected chi connectivity index (χ3v) is 4.40. The lowest BCUT2D eigenvalue weighted by Crippen LogP contribution is -2.35. The first kappa shape index (κ1) is 17.1. The lowest BCUT2D eigenvalue weighted by molar-refractivity contribution is 0.102. The Morgan fingerprint density at radius 2 is 2.36 bits per heavy atom. The standard InChI is InChI=1S/C20H22N2O3/c1-2-3-11-24-20(23)22-10-4-5-17(22)7-8-18-13-16-12-15(14-21)6-9-19(16)25-18/h6-9,12-13,17H,2-5,10-11H2,1H3/t17-/m0/s1. The molecule has 1 fully saturated rings. The van der Waals surface area contributed by atoms with Crippen LogP contribution in [0, 0.1) is 11.3 Å². The topological polar surface area (TPSA) is 66.5 Å². The van der Waals surface area contributed by atoms with E-state index in [0.29, 0.717) is 12.2 Å². The average Bonchev–Trinajstić information content (AvgIpc) is 3.25. The number of likely N-dealkylation sites (tertiary alicyclic amines) is 1. The van der Waals surface area contributed by atoms with Crippen molar-refractivity contribution in [2.45, 2.75) is 38.6 Å². The van der Waals surface area contributed by atoms with Gasteiger partial charge in [-0.2, -0.15) is 5.26 Å². The van der Waals surface area contributed by atoms with Crippen molar-refractivity contribution < 1.29 is 13.9 Å². The van der Waals surface area contributed by atoms with Gasteiger partial charge in [-0.05, 0) is 49.6 Å². The maximum atomic E-state index is 12.2. The molecule has 1 aliphatic heterocycles. The Balaban J connectivity index is 1.68. The van der Waals surface area contributed by atoms with Gasteiger partial charge in [0.2, 0.25) is 0 Å². The summed E-state index contributed by atoms with van der Waals surface area (Å²) in [5, 5.41) is 9.87. The van der Waals surface area contributed by atoms with Crippen molar-refractivity contribution in [1.29, 1.82) is 5.26 Å². The molecular weight excluding hydrogens is 316 g/mol. The number of nitrogens with zero attached hydrogens (tertiary/aromatic N) is 2. The fourth-order valence-electron chi connectivity index (χ4n) is 3.03. The molecule has 1 amide bonds.